The Hall–Kier alpha value is -1.27. The van der Waals surface area contributed by atoms with Crippen LogP contribution in [0.3, 0.4) is 0 Å². The van der Waals surface area contributed by atoms with E-state index in [0.717, 1.165) is 0 Å². The molecule has 1 aromatic rings. The molecular weight excluding hydrogens is 196 g/mol. The number of hydrogen-bond donors (Lipinski definition) is 1. The topological polar surface area (TPSA) is 69.0 Å². The Morgan fingerprint density at radius 1 is 1.67 bits per heavy atom. The maximum absolute atomic E-state index is 12.1. The number of ether oxygens (including phenoxy) is 1. The van der Waals surface area contributed by atoms with Crippen LogP contribution in [0.25, 0.3) is 0 Å². The fraction of sp³-hybridized carbons (Fsp3) is 0.667. The van der Waals surface area contributed by atoms with Crippen molar-refractivity contribution < 1.29 is 9.53 Å². The Bertz CT molecular complexity index is 363. The third-order valence-electron chi connectivity index (χ3n) is 2.72. The number of ketones is 1. The molecule has 82 valence electrons. The zero-order valence-electron chi connectivity index (χ0n) is 8.80. The summed E-state index contributed by atoms with van der Waals surface area (Å²) in [5, 5.41) is 6.96. The van der Waals surface area contributed by atoms with Gasteiger partial charge < -0.3 is 10.1 Å². The average molecular weight is 210 g/mol. The normalized spacial score (nSPS) is 25.7. The lowest BCUT2D eigenvalue weighted by atomic mass is 9.98. The Morgan fingerprint density at radius 3 is 3.07 bits per heavy atom. The summed E-state index contributed by atoms with van der Waals surface area (Å²) in [6.07, 6.45) is 1.39. The van der Waals surface area contributed by atoms with E-state index in [1.807, 2.05) is 7.05 Å². The van der Waals surface area contributed by atoms with E-state index in [1.54, 1.807) is 7.05 Å². The molecule has 2 rings (SSSR count). The summed E-state index contributed by atoms with van der Waals surface area (Å²) < 4.78 is 6.77. The van der Waals surface area contributed by atoms with Crippen LogP contribution in [0, 0.1) is 5.92 Å². The molecule has 0 saturated carbocycles. The van der Waals surface area contributed by atoms with Crippen LogP contribution in [0.15, 0.2) is 6.33 Å². The number of nitrogens with one attached hydrogen (secondary N) is 1. The van der Waals surface area contributed by atoms with Gasteiger partial charge in [0.15, 0.2) is 5.82 Å². The number of rotatable bonds is 3. The molecule has 0 bridgehead atoms. The third kappa shape index (κ3) is 1.78. The first-order chi connectivity index (χ1) is 7.24. The molecule has 1 aliphatic rings. The van der Waals surface area contributed by atoms with Gasteiger partial charge in [-0.15, -0.1) is 0 Å². The lowest BCUT2D eigenvalue weighted by Gasteiger charge is -2.14. The lowest BCUT2D eigenvalue weighted by molar-refractivity contribution is 0.0877. The van der Waals surface area contributed by atoms with E-state index in [2.05, 4.69) is 15.4 Å². The first-order valence-corrected chi connectivity index (χ1v) is 4.87. The fourth-order valence-electron chi connectivity index (χ4n) is 1.78. The van der Waals surface area contributed by atoms with E-state index < -0.39 is 0 Å². The Morgan fingerprint density at radius 2 is 2.47 bits per heavy atom. The van der Waals surface area contributed by atoms with E-state index in [1.165, 1.54) is 11.0 Å². The van der Waals surface area contributed by atoms with Gasteiger partial charge in [0.2, 0.25) is 5.78 Å². The Balaban J connectivity index is 2.18. The standard InChI is InChI=1S/C9H14N4O2/c1-10-7-4-15-3-6(7)8(14)9-11-5-12-13(9)2/h5-7,10H,3-4H2,1-2H3. The second kappa shape index (κ2) is 4.08. The van der Waals surface area contributed by atoms with Crippen molar-refractivity contribution in [2.75, 3.05) is 20.3 Å². The van der Waals surface area contributed by atoms with Gasteiger partial charge in [0.1, 0.15) is 6.33 Å². The summed E-state index contributed by atoms with van der Waals surface area (Å²) in [5.74, 6) is 0.232. The van der Waals surface area contributed by atoms with E-state index in [-0.39, 0.29) is 17.7 Å². The van der Waals surface area contributed by atoms with Gasteiger partial charge in [0, 0.05) is 13.1 Å². The molecule has 0 amide bonds. The maximum Gasteiger partial charge on any atom is 0.206 e. The highest BCUT2D eigenvalue weighted by atomic mass is 16.5. The van der Waals surface area contributed by atoms with Crippen LogP contribution in [0.2, 0.25) is 0 Å². The van der Waals surface area contributed by atoms with Gasteiger partial charge in [0.25, 0.3) is 0 Å². The molecule has 1 aliphatic heterocycles. The van der Waals surface area contributed by atoms with Crippen molar-refractivity contribution in [3.8, 4) is 0 Å². The molecule has 1 saturated heterocycles. The molecular formula is C9H14N4O2. The first-order valence-electron chi connectivity index (χ1n) is 4.87. The van der Waals surface area contributed by atoms with Crippen LogP contribution in [0.1, 0.15) is 10.6 Å². The molecule has 0 aliphatic carbocycles. The van der Waals surface area contributed by atoms with Crippen molar-refractivity contribution in [1.82, 2.24) is 20.1 Å². The highest BCUT2D eigenvalue weighted by molar-refractivity contribution is 5.95. The molecule has 1 fully saturated rings. The van der Waals surface area contributed by atoms with Gasteiger partial charge in [-0.25, -0.2) is 9.67 Å². The number of nitrogens with zero attached hydrogens (tertiary/aromatic N) is 3. The zero-order chi connectivity index (χ0) is 10.8. The van der Waals surface area contributed by atoms with Crippen molar-refractivity contribution in [3.63, 3.8) is 0 Å². The number of carbonyl (C=O) groups excluding carboxylic acids is 1. The SMILES string of the molecule is CNC1COCC1C(=O)c1ncnn1C. The van der Waals surface area contributed by atoms with Crippen LogP contribution in [-0.4, -0.2) is 46.9 Å². The van der Waals surface area contributed by atoms with Crippen LogP contribution in [-0.2, 0) is 11.8 Å². The molecule has 6 nitrogen and oxygen atoms in total. The minimum atomic E-state index is -0.155. The smallest absolute Gasteiger partial charge is 0.206 e. The molecule has 6 heteroatoms. The molecule has 1 N–H and O–H groups in total. The molecule has 15 heavy (non-hydrogen) atoms. The van der Waals surface area contributed by atoms with Gasteiger partial charge in [-0.1, -0.05) is 0 Å². The number of aromatic nitrogens is 3. The second-order valence-electron chi connectivity index (χ2n) is 3.61. The summed E-state index contributed by atoms with van der Waals surface area (Å²) in [6, 6.07) is 0.0780. The van der Waals surface area contributed by atoms with Crippen molar-refractivity contribution >= 4 is 5.78 Å². The van der Waals surface area contributed by atoms with Gasteiger partial charge in [-0.2, -0.15) is 5.10 Å². The minimum Gasteiger partial charge on any atom is -0.379 e. The molecule has 0 radical (unpaired) electrons. The molecule has 0 aromatic carbocycles. The number of carbonyl (C=O) groups is 1. The Labute approximate surface area is 87.6 Å². The lowest BCUT2D eigenvalue weighted by Crippen LogP contribution is -2.37. The van der Waals surface area contributed by atoms with E-state index in [4.69, 9.17) is 4.74 Å². The highest BCUT2D eigenvalue weighted by Crippen LogP contribution is 2.17. The largest absolute Gasteiger partial charge is 0.379 e. The quantitative estimate of drug-likeness (QED) is 0.664. The minimum absolute atomic E-state index is 0.00755. The van der Waals surface area contributed by atoms with Crippen LogP contribution in [0.5, 0.6) is 0 Å². The number of hydrogen-bond acceptors (Lipinski definition) is 5. The Kier molecular flexibility index (Phi) is 2.79. The molecule has 1 aromatic heterocycles. The van der Waals surface area contributed by atoms with Crippen LogP contribution >= 0.6 is 0 Å². The van der Waals surface area contributed by atoms with Gasteiger partial charge in [0.05, 0.1) is 19.1 Å². The average Bonchev–Trinajstić information content (AvgIpc) is 2.84. The van der Waals surface area contributed by atoms with Crippen LogP contribution < -0.4 is 5.32 Å². The van der Waals surface area contributed by atoms with Crippen molar-refractivity contribution in [1.29, 1.82) is 0 Å². The molecule has 0 spiro atoms. The second-order valence-corrected chi connectivity index (χ2v) is 3.61. The highest BCUT2D eigenvalue weighted by Gasteiger charge is 2.35. The zero-order valence-corrected chi connectivity index (χ0v) is 8.80. The molecule has 2 heterocycles. The fourth-order valence-corrected chi connectivity index (χ4v) is 1.78. The number of likely N-dealkylation sites (N-methyl/N-ethyl adjacent to an activating group) is 1. The van der Waals surface area contributed by atoms with E-state index in [0.29, 0.717) is 19.0 Å². The number of aryl methyl sites for hydroxylation is 1. The van der Waals surface area contributed by atoms with E-state index >= 15 is 0 Å². The molecule has 2 atom stereocenters. The maximum atomic E-state index is 12.1. The van der Waals surface area contributed by atoms with Gasteiger partial charge in [-0.3, -0.25) is 4.79 Å². The van der Waals surface area contributed by atoms with Crippen LogP contribution in [0.4, 0.5) is 0 Å². The predicted molar refractivity (Wildman–Crippen MR) is 52.5 cm³/mol. The summed E-state index contributed by atoms with van der Waals surface area (Å²) in [7, 11) is 3.54. The summed E-state index contributed by atoms with van der Waals surface area (Å²) in [4.78, 5) is 16.0. The van der Waals surface area contributed by atoms with Crippen molar-refractivity contribution in [2.24, 2.45) is 13.0 Å². The van der Waals surface area contributed by atoms with Gasteiger partial charge >= 0.3 is 0 Å². The van der Waals surface area contributed by atoms with E-state index in [9.17, 15) is 4.79 Å². The summed E-state index contributed by atoms with van der Waals surface area (Å²) >= 11 is 0. The van der Waals surface area contributed by atoms with Crippen molar-refractivity contribution in [3.05, 3.63) is 12.2 Å². The van der Waals surface area contributed by atoms with Crippen molar-refractivity contribution in [2.45, 2.75) is 6.04 Å². The molecule has 2 unspecified atom stereocenters. The monoisotopic (exact) mass is 210 g/mol. The summed E-state index contributed by atoms with van der Waals surface area (Å²) in [5.41, 5.74) is 0. The summed E-state index contributed by atoms with van der Waals surface area (Å²) in [6.45, 7) is 1.03. The predicted octanol–water partition coefficient (Wildman–Crippen LogP) is -0.768. The number of Topliss-reactive ketones (excluding diaryl/α,β-unsaturated/α-hetero) is 1. The first kappa shape index (κ1) is 10.3. The van der Waals surface area contributed by atoms with Gasteiger partial charge in [-0.05, 0) is 7.05 Å². The third-order valence-corrected chi connectivity index (χ3v) is 2.72.